The van der Waals surface area contributed by atoms with E-state index >= 15 is 0 Å². The number of nitro groups is 1. The van der Waals surface area contributed by atoms with Crippen LogP contribution in [0.4, 0.5) is 5.69 Å². The summed E-state index contributed by atoms with van der Waals surface area (Å²) in [6.45, 7) is 0.589. The third-order valence-corrected chi connectivity index (χ3v) is 2.89. The Kier molecular flexibility index (Phi) is 7.90. The predicted molar refractivity (Wildman–Crippen MR) is 78.4 cm³/mol. The molecule has 0 radical (unpaired) electrons. The number of methoxy groups -OCH3 is 1. The lowest BCUT2D eigenvalue weighted by Gasteiger charge is -2.13. The molecule has 114 valence electrons. The molecule has 5 N–H and O–H groups in total. The quantitative estimate of drug-likeness (QED) is 0.401. The first-order chi connectivity index (χ1) is 9.01. The summed E-state index contributed by atoms with van der Waals surface area (Å²) >= 11 is 0. The number of unbranched alkanes of at least 4 members (excludes halogenated alkanes) is 1. The highest BCUT2D eigenvalue weighted by Gasteiger charge is 2.21. The number of benzene rings is 1. The SMILES string of the molecule is COc1cc([C@H](N)CCCCN)cc([N+](=O)[O-])c1O.Cl. The highest BCUT2D eigenvalue weighted by molar-refractivity contribution is 5.85. The van der Waals surface area contributed by atoms with Crippen molar-refractivity contribution in [2.24, 2.45) is 11.5 Å². The van der Waals surface area contributed by atoms with Crippen molar-refractivity contribution < 1.29 is 14.8 Å². The molecular formula is C12H20ClN3O4. The zero-order valence-corrected chi connectivity index (χ0v) is 12.1. The zero-order chi connectivity index (χ0) is 14.4. The number of ether oxygens (including phenoxy) is 1. The first-order valence-electron chi connectivity index (χ1n) is 6.02. The number of rotatable bonds is 7. The van der Waals surface area contributed by atoms with Gasteiger partial charge in [-0.2, -0.15) is 0 Å². The van der Waals surface area contributed by atoms with Gasteiger partial charge < -0.3 is 21.3 Å². The predicted octanol–water partition coefficient (Wildman–Crippen LogP) is 1.86. The summed E-state index contributed by atoms with van der Waals surface area (Å²) < 4.78 is 4.92. The Labute approximate surface area is 123 Å². The Bertz CT molecular complexity index is 457. The molecule has 0 aliphatic carbocycles. The van der Waals surface area contributed by atoms with Crippen LogP contribution in [0.15, 0.2) is 12.1 Å². The van der Waals surface area contributed by atoms with Crippen LogP contribution in [0.1, 0.15) is 30.9 Å². The van der Waals surface area contributed by atoms with Gasteiger partial charge in [0.15, 0.2) is 5.75 Å². The number of nitrogens with zero attached hydrogens (tertiary/aromatic N) is 1. The van der Waals surface area contributed by atoms with E-state index in [9.17, 15) is 15.2 Å². The third kappa shape index (κ3) is 4.52. The molecule has 0 fully saturated rings. The molecule has 0 unspecified atom stereocenters. The molecule has 0 heterocycles. The Balaban J connectivity index is 0.00000361. The number of hydrogen-bond donors (Lipinski definition) is 3. The summed E-state index contributed by atoms with van der Waals surface area (Å²) in [5.41, 5.74) is 11.5. The number of nitrogens with two attached hydrogens (primary N) is 2. The largest absolute Gasteiger partial charge is 0.500 e. The van der Waals surface area contributed by atoms with Crippen LogP contribution in [0, 0.1) is 10.1 Å². The van der Waals surface area contributed by atoms with Crippen molar-refractivity contribution in [1.29, 1.82) is 0 Å². The lowest BCUT2D eigenvalue weighted by atomic mass is 10.0. The van der Waals surface area contributed by atoms with E-state index < -0.39 is 16.4 Å². The molecule has 1 aromatic carbocycles. The Morgan fingerprint density at radius 2 is 2.10 bits per heavy atom. The van der Waals surface area contributed by atoms with E-state index in [0.29, 0.717) is 18.5 Å². The third-order valence-electron chi connectivity index (χ3n) is 2.89. The van der Waals surface area contributed by atoms with Crippen molar-refractivity contribution in [3.8, 4) is 11.5 Å². The van der Waals surface area contributed by atoms with Crippen molar-refractivity contribution >= 4 is 18.1 Å². The molecule has 8 heteroatoms. The number of phenolic OH excluding ortho intramolecular Hbond substituents is 1. The smallest absolute Gasteiger partial charge is 0.314 e. The molecule has 1 aromatic rings. The van der Waals surface area contributed by atoms with Gasteiger partial charge >= 0.3 is 5.69 Å². The van der Waals surface area contributed by atoms with Crippen LogP contribution in [0.5, 0.6) is 11.5 Å². The van der Waals surface area contributed by atoms with Gasteiger partial charge in [0.2, 0.25) is 5.75 Å². The summed E-state index contributed by atoms with van der Waals surface area (Å²) in [6, 6.07) is 2.46. The van der Waals surface area contributed by atoms with Crippen LogP contribution in [-0.2, 0) is 0 Å². The van der Waals surface area contributed by atoms with Gasteiger partial charge in [0.05, 0.1) is 12.0 Å². The Morgan fingerprint density at radius 3 is 2.60 bits per heavy atom. The van der Waals surface area contributed by atoms with Crippen molar-refractivity contribution in [2.75, 3.05) is 13.7 Å². The van der Waals surface area contributed by atoms with Gasteiger partial charge in [-0.25, -0.2) is 0 Å². The fourth-order valence-corrected chi connectivity index (χ4v) is 1.80. The van der Waals surface area contributed by atoms with Crippen LogP contribution in [0.25, 0.3) is 0 Å². The van der Waals surface area contributed by atoms with Crippen LogP contribution in [0.2, 0.25) is 0 Å². The normalized spacial score (nSPS) is 11.6. The summed E-state index contributed by atoms with van der Waals surface area (Å²) in [5.74, 6) is -0.427. The Hall–Kier alpha value is -1.57. The standard InChI is InChI=1S/C12H19N3O4.ClH/c1-19-11-7-8(9(14)4-2-3-5-13)6-10(12(11)16)15(17)18;/h6-7,9,16H,2-5,13-14H2,1H3;1H/t9-;/m1./s1. The molecule has 0 saturated carbocycles. The fourth-order valence-electron chi connectivity index (χ4n) is 1.80. The lowest BCUT2D eigenvalue weighted by molar-refractivity contribution is -0.386. The van der Waals surface area contributed by atoms with Gasteiger partial charge in [0.1, 0.15) is 0 Å². The summed E-state index contributed by atoms with van der Waals surface area (Å²) in [4.78, 5) is 10.2. The molecule has 0 aliphatic rings. The molecule has 0 spiro atoms. The number of hydrogen-bond acceptors (Lipinski definition) is 6. The molecule has 0 amide bonds. The monoisotopic (exact) mass is 305 g/mol. The lowest BCUT2D eigenvalue weighted by Crippen LogP contribution is -2.11. The van der Waals surface area contributed by atoms with Crippen LogP contribution < -0.4 is 16.2 Å². The minimum absolute atomic E-state index is 0. The second kappa shape index (κ2) is 8.57. The van der Waals surface area contributed by atoms with Gasteiger partial charge in [0, 0.05) is 12.1 Å². The number of phenols is 1. The second-order valence-electron chi connectivity index (χ2n) is 4.24. The molecule has 1 rings (SSSR count). The van der Waals surface area contributed by atoms with Gasteiger partial charge in [0.25, 0.3) is 0 Å². The first kappa shape index (κ1) is 18.4. The van der Waals surface area contributed by atoms with E-state index in [-0.39, 0.29) is 24.2 Å². The molecule has 0 aliphatic heterocycles. The summed E-state index contributed by atoms with van der Waals surface area (Å²) in [5, 5.41) is 20.5. The average Bonchev–Trinajstić information content (AvgIpc) is 2.38. The van der Waals surface area contributed by atoms with Crippen molar-refractivity contribution in [3.05, 3.63) is 27.8 Å². The highest BCUT2D eigenvalue weighted by atomic mass is 35.5. The van der Waals surface area contributed by atoms with Gasteiger partial charge in [-0.15, -0.1) is 12.4 Å². The molecule has 0 saturated heterocycles. The van der Waals surface area contributed by atoms with Crippen LogP contribution in [0.3, 0.4) is 0 Å². The van der Waals surface area contributed by atoms with Crippen molar-refractivity contribution in [2.45, 2.75) is 25.3 Å². The van der Waals surface area contributed by atoms with Gasteiger partial charge in [-0.05, 0) is 31.0 Å². The molecule has 0 aromatic heterocycles. The van der Waals surface area contributed by atoms with Crippen LogP contribution >= 0.6 is 12.4 Å². The van der Waals surface area contributed by atoms with E-state index in [0.717, 1.165) is 12.8 Å². The van der Waals surface area contributed by atoms with Gasteiger partial charge in [-0.3, -0.25) is 10.1 Å². The maximum Gasteiger partial charge on any atom is 0.314 e. The highest BCUT2D eigenvalue weighted by Crippen LogP contribution is 2.38. The molecular weight excluding hydrogens is 286 g/mol. The zero-order valence-electron chi connectivity index (χ0n) is 11.2. The first-order valence-corrected chi connectivity index (χ1v) is 6.02. The Morgan fingerprint density at radius 1 is 1.45 bits per heavy atom. The molecule has 0 bridgehead atoms. The number of aromatic hydroxyl groups is 1. The summed E-state index contributed by atoms with van der Waals surface area (Å²) in [7, 11) is 1.34. The number of nitro benzene ring substituents is 1. The number of halogens is 1. The summed E-state index contributed by atoms with van der Waals surface area (Å²) in [6.07, 6.45) is 2.36. The van der Waals surface area contributed by atoms with E-state index in [4.69, 9.17) is 16.2 Å². The van der Waals surface area contributed by atoms with Gasteiger partial charge in [-0.1, -0.05) is 6.42 Å². The minimum atomic E-state index is -0.659. The fraction of sp³-hybridized carbons (Fsp3) is 0.500. The van der Waals surface area contributed by atoms with Crippen molar-refractivity contribution in [1.82, 2.24) is 0 Å². The maximum absolute atomic E-state index is 10.9. The average molecular weight is 306 g/mol. The van der Waals surface area contributed by atoms with E-state index in [1.54, 1.807) is 0 Å². The second-order valence-corrected chi connectivity index (χ2v) is 4.24. The van der Waals surface area contributed by atoms with E-state index in [1.165, 1.54) is 19.2 Å². The van der Waals surface area contributed by atoms with Crippen LogP contribution in [-0.4, -0.2) is 23.7 Å². The van der Waals surface area contributed by atoms with Crippen molar-refractivity contribution in [3.63, 3.8) is 0 Å². The maximum atomic E-state index is 10.9. The van der Waals surface area contributed by atoms with E-state index in [1.807, 2.05) is 0 Å². The minimum Gasteiger partial charge on any atom is -0.500 e. The topological polar surface area (TPSA) is 125 Å². The van der Waals surface area contributed by atoms with E-state index in [2.05, 4.69) is 0 Å². The molecule has 20 heavy (non-hydrogen) atoms. The molecule has 1 atom stereocenters. The molecule has 7 nitrogen and oxygen atoms in total.